The second-order valence-corrected chi connectivity index (χ2v) is 18.5. The molecule has 0 aliphatic carbocycles. The first kappa shape index (κ1) is 59.9. The normalized spacial score (nSPS) is 12.1. The van der Waals surface area contributed by atoms with Gasteiger partial charge in [-0.05, 0) is 64.2 Å². The third-order valence-corrected chi connectivity index (χ3v) is 12.2. The lowest BCUT2D eigenvalue weighted by Gasteiger charge is -2.18. The molecular formula is C56H104O6. The second-order valence-electron chi connectivity index (χ2n) is 18.5. The van der Waals surface area contributed by atoms with Crippen molar-refractivity contribution < 1.29 is 28.6 Å². The van der Waals surface area contributed by atoms with E-state index in [1.54, 1.807) is 0 Å². The Balaban J connectivity index is 4.30. The molecule has 364 valence electrons. The molecule has 0 aliphatic rings. The molecule has 0 spiro atoms. The van der Waals surface area contributed by atoms with Crippen molar-refractivity contribution in [2.45, 2.75) is 303 Å². The quantitative estimate of drug-likeness (QED) is 0.0262. The van der Waals surface area contributed by atoms with Gasteiger partial charge in [0.05, 0.1) is 0 Å². The Labute approximate surface area is 385 Å². The van der Waals surface area contributed by atoms with E-state index in [0.717, 1.165) is 70.6 Å². The SMILES string of the molecule is CCCC/C=C\CCCCCCCC(=O)OC[C@H](COC(=O)CCCCCCCCCCCCCCCCCCCC)OC(=O)CCCCCCC/C=C\CCCCCCCC. The molecule has 0 N–H and O–H groups in total. The molecule has 0 radical (unpaired) electrons. The van der Waals surface area contributed by atoms with Crippen LogP contribution < -0.4 is 0 Å². The van der Waals surface area contributed by atoms with Crippen LogP contribution >= 0.6 is 0 Å². The molecule has 0 saturated heterocycles. The van der Waals surface area contributed by atoms with Crippen LogP contribution in [-0.4, -0.2) is 37.2 Å². The highest BCUT2D eigenvalue weighted by atomic mass is 16.6. The number of rotatable bonds is 50. The van der Waals surface area contributed by atoms with Gasteiger partial charge in [0.2, 0.25) is 0 Å². The van der Waals surface area contributed by atoms with Crippen LogP contribution in [-0.2, 0) is 28.6 Å². The average Bonchev–Trinajstić information content (AvgIpc) is 3.27. The zero-order chi connectivity index (χ0) is 45.1. The van der Waals surface area contributed by atoms with E-state index in [-0.39, 0.29) is 31.1 Å². The first-order chi connectivity index (χ1) is 30.5. The number of carbonyl (C=O) groups excluding carboxylic acids is 3. The standard InChI is InChI=1S/C56H104O6/c1-4-7-10-13-16-19-22-24-26-27-28-30-31-34-37-40-43-46-49-55(58)61-52-53(51-60-54(57)48-45-42-39-36-33-21-18-15-12-9-6-3)62-56(59)50-47-44-41-38-35-32-29-25-23-20-17-14-11-8-5-2/h15,18,25,29,53H,4-14,16-17,19-24,26-28,30-52H2,1-3H3/b18-15-,29-25-/t53-/m1/s1. The van der Waals surface area contributed by atoms with Gasteiger partial charge in [-0.15, -0.1) is 0 Å². The maximum Gasteiger partial charge on any atom is 0.306 e. The fraction of sp³-hybridized carbons (Fsp3) is 0.875. The van der Waals surface area contributed by atoms with Gasteiger partial charge in [0.1, 0.15) is 13.2 Å². The van der Waals surface area contributed by atoms with E-state index >= 15 is 0 Å². The molecule has 0 aromatic carbocycles. The summed E-state index contributed by atoms with van der Waals surface area (Å²) in [6.07, 6.45) is 58.8. The molecular weight excluding hydrogens is 769 g/mol. The molecule has 0 fully saturated rings. The van der Waals surface area contributed by atoms with Crippen molar-refractivity contribution >= 4 is 17.9 Å². The van der Waals surface area contributed by atoms with Crippen LogP contribution in [0.3, 0.4) is 0 Å². The summed E-state index contributed by atoms with van der Waals surface area (Å²) in [6, 6.07) is 0. The lowest BCUT2D eigenvalue weighted by atomic mass is 10.0. The van der Waals surface area contributed by atoms with Crippen molar-refractivity contribution in [3.63, 3.8) is 0 Å². The Morgan fingerprint density at radius 2 is 0.548 bits per heavy atom. The molecule has 0 saturated carbocycles. The third-order valence-electron chi connectivity index (χ3n) is 12.2. The van der Waals surface area contributed by atoms with Crippen LogP contribution in [0.25, 0.3) is 0 Å². The van der Waals surface area contributed by atoms with Gasteiger partial charge in [0, 0.05) is 19.3 Å². The van der Waals surface area contributed by atoms with Crippen molar-refractivity contribution in [3.8, 4) is 0 Å². The van der Waals surface area contributed by atoms with Crippen LogP contribution in [0.5, 0.6) is 0 Å². The van der Waals surface area contributed by atoms with Crippen LogP contribution in [0.1, 0.15) is 297 Å². The minimum atomic E-state index is -0.774. The Kier molecular flexibility index (Phi) is 49.8. The van der Waals surface area contributed by atoms with Gasteiger partial charge in [-0.3, -0.25) is 14.4 Å². The van der Waals surface area contributed by atoms with Crippen LogP contribution in [0.4, 0.5) is 0 Å². The molecule has 62 heavy (non-hydrogen) atoms. The van der Waals surface area contributed by atoms with Gasteiger partial charge < -0.3 is 14.2 Å². The van der Waals surface area contributed by atoms with Gasteiger partial charge in [-0.1, -0.05) is 238 Å². The first-order valence-corrected chi connectivity index (χ1v) is 27.3. The van der Waals surface area contributed by atoms with Crippen molar-refractivity contribution in [2.75, 3.05) is 13.2 Å². The highest BCUT2D eigenvalue weighted by Crippen LogP contribution is 2.16. The van der Waals surface area contributed by atoms with Gasteiger partial charge in [-0.25, -0.2) is 0 Å². The highest BCUT2D eigenvalue weighted by Gasteiger charge is 2.19. The summed E-state index contributed by atoms with van der Waals surface area (Å²) in [5, 5.41) is 0. The maximum atomic E-state index is 12.8. The average molecular weight is 873 g/mol. The Hall–Kier alpha value is -2.11. The van der Waals surface area contributed by atoms with Crippen LogP contribution in [0.15, 0.2) is 24.3 Å². The Morgan fingerprint density at radius 3 is 0.855 bits per heavy atom. The molecule has 6 nitrogen and oxygen atoms in total. The van der Waals surface area contributed by atoms with Crippen LogP contribution in [0.2, 0.25) is 0 Å². The molecule has 6 heteroatoms. The van der Waals surface area contributed by atoms with E-state index in [2.05, 4.69) is 45.1 Å². The van der Waals surface area contributed by atoms with E-state index in [4.69, 9.17) is 14.2 Å². The largest absolute Gasteiger partial charge is 0.462 e. The second kappa shape index (κ2) is 51.5. The lowest BCUT2D eigenvalue weighted by Crippen LogP contribution is -2.30. The highest BCUT2D eigenvalue weighted by molar-refractivity contribution is 5.71. The zero-order valence-corrected chi connectivity index (χ0v) is 41.7. The fourth-order valence-electron chi connectivity index (χ4n) is 8.01. The van der Waals surface area contributed by atoms with Crippen molar-refractivity contribution in [2.24, 2.45) is 0 Å². The third kappa shape index (κ3) is 48.9. The maximum absolute atomic E-state index is 12.8. The fourth-order valence-corrected chi connectivity index (χ4v) is 8.01. The summed E-state index contributed by atoms with van der Waals surface area (Å²) in [5.41, 5.74) is 0. The minimum absolute atomic E-state index is 0.0732. The number of unbranched alkanes of at least 4 members (excludes halogenated alkanes) is 35. The van der Waals surface area contributed by atoms with E-state index in [1.165, 1.54) is 186 Å². The molecule has 0 unspecified atom stereocenters. The number of carbonyl (C=O) groups is 3. The monoisotopic (exact) mass is 873 g/mol. The summed E-state index contributed by atoms with van der Waals surface area (Å²) in [7, 11) is 0. The lowest BCUT2D eigenvalue weighted by molar-refractivity contribution is -0.167. The van der Waals surface area contributed by atoms with Gasteiger partial charge in [-0.2, -0.15) is 0 Å². The van der Waals surface area contributed by atoms with E-state index in [9.17, 15) is 14.4 Å². The summed E-state index contributed by atoms with van der Waals surface area (Å²) < 4.78 is 16.8. The number of allylic oxidation sites excluding steroid dienone is 4. The topological polar surface area (TPSA) is 78.9 Å². The molecule has 0 aliphatic heterocycles. The smallest absolute Gasteiger partial charge is 0.306 e. The summed E-state index contributed by atoms with van der Waals surface area (Å²) in [4.78, 5) is 38.0. The van der Waals surface area contributed by atoms with E-state index in [0.29, 0.717) is 19.3 Å². The predicted molar refractivity (Wildman–Crippen MR) is 266 cm³/mol. The number of esters is 3. The van der Waals surface area contributed by atoms with Crippen molar-refractivity contribution in [1.82, 2.24) is 0 Å². The van der Waals surface area contributed by atoms with Gasteiger partial charge in [0.15, 0.2) is 6.10 Å². The molecule has 0 aromatic heterocycles. The van der Waals surface area contributed by atoms with Crippen LogP contribution in [0, 0.1) is 0 Å². The molecule has 1 atom stereocenters. The van der Waals surface area contributed by atoms with Crippen molar-refractivity contribution in [3.05, 3.63) is 24.3 Å². The van der Waals surface area contributed by atoms with Gasteiger partial charge >= 0.3 is 17.9 Å². The summed E-state index contributed by atoms with van der Waals surface area (Å²) >= 11 is 0. The molecule has 0 amide bonds. The summed E-state index contributed by atoms with van der Waals surface area (Å²) in [6.45, 7) is 6.62. The Morgan fingerprint density at radius 1 is 0.306 bits per heavy atom. The molecule has 0 aromatic rings. The van der Waals surface area contributed by atoms with Gasteiger partial charge in [0.25, 0.3) is 0 Å². The minimum Gasteiger partial charge on any atom is -0.462 e. The zero-order valence-electron chi connectivity index (χ0n) is 41.7. The predicted octanol–water partition coefficient (Wildman–Crippen LogP) is 17.9. The molecule has 0 rings (SSSR count). The van der Waals surface area contributed by atoms with Crippen molar-refractivity contribution in [1.29, 1.82) is 0 Å². The first-order valence-electron chi connectivity index (χ1n) is 27.3. The number of hydrogen-bond donors (Lipinski definition) is 0. The van der Waals surface area contributed by atoms with E-state index < -0.39 is 6.10 Å². The number of ether oxygens (including phenoxy) is 3. The summed E-state index contributed by atoms with van der Waals surface area (Å²) in [5.74, 6) is -0.877. The molecule has 0 bridgehead atoms. The Bertz CT molecular complexity index is 1000. The number of hydrogen-bond acceptors (Lipinski definition) is 6. The molecule has 0 heterocycles. The van der Waals surface area contributed by atoms with E-state index in [1.807, 2.05) is 0 Å².